The molecule has 0 amide bonds. The summed E-state index contributed by atoms with van der Waals surface area (Å²) < 4.78 is 11.2. The average molecular weight is 435 g/mol. The maximum atomic E-state index is 10.3. The number of ether oxygens (including phenoxy) is 2. The molecule has 1 aliphatic rings. The van der Waals surface area contributed by atoms with Gasteiger partial charge in [-0.1, -0.05) is 35.9 Å². The monoisotopic (exact) mass is 434 g/mol. The fourth-order valence-electron chi connectivity index (χ4n) is 3.22. The minimum Gasteiger partial charge on any atom is -0.460 e. The van der Waals surface area contributed by atoms with E-state index in [1.165, 1.54) is 0 Å². The molecule has 1 fully saturated rings. The number of hydrogen-bond acceptors (Lipinski definition) is 9. The Bertz CT molecular complexity index is 1040. The minimum absolute atomic E-state index is 0.0183. The number of nitrogens with one attached hydrogen (secondary N) is 1. The van der Waals surface area contributed by atoms with Crippen LogP contribution in [-0.4, -0.2) is 59.2 Å². The van der Waals surface area contributed by atoms with Crippen molar-refractivity contribution in [2.24, 2.45) is 5.10 Å². The van der Waals surface area contributed by atoms with Crippen molar-refractivity contribution in [1.29, 1.82) is 0 Å². The Balaban J connectivity index is 1.49. The molecule has 0 radical (unpaired) electrons. The van der Waals surface area contributed by atoms with E-state index < -0.39 is 6.10 Å². The molecule has 9 heteroatoms. The second-order valence-electron chi connectivity index (χ2n) is 7.36. The van der Waals surface area contributed by atoms with E-state index >= 15 is 0 Å². The lowest BCUT2D eigenvalue weighted by Gasteiger charge is -2.28. The third-order valence-electron chi connectivity index (χ3n) is 4.86. The van der Waals surface area contributed by atoms with Crippen LogP contribution >= 0.6 is 0 Å². The molecule has 166 valence electrons. The zero-order valence-electron chi connectivity index (χ0n) is 17.9. The SMILES string of the molecule is Cc1cccc(/C=N/Nc2cc(N3CCOCC3)nc(OCC(O)c3ccccn3)n2)c1. The third-order valence-corrected chi connectivity index (χ3v) is 4.86. The number of hydrazone groups is 1. The first-order valence-electron chi connectivity index (χ1n) is 10.5. The van der Waals surface area contributed by atoms with E-state index in [4.69, 9.17) is 9.47 Å². The Kier molecular flexibility index (Phi) is 7.21. The summed E-state index contributed by atoms with van der Waals surface area (Å²) in [6, 6.07) is 15.4. The number of benzene rings is 1. The van der Waals surface area contributed by atoms with Crippen LogP contribution in [0.3, 0.4) is 0 Å². The van der Waals surface area contributed by atoms with Gasteiger partial charge in [0, 0.05) is 25.4 Å². The van der Waals surface area contributed by atoms with Crippen molar-refractivity contribution in [2.75, 3.05) is 43.2 Å². The molecule has 9 nitrogen and oxygen atoms in total. The molecule has 0 bridgehead atoms. The van der Waals surface area contributed by atoms with Gasteiger partial charge in [0.05, 0.1) is 25.1 Å². The predicted molar refractivity (Wildman–Crippen MR) is 122 cm³/mol. The molecule has 32 heavy (non-hydrogen) atoms. The number of aliphatic hydroxyl groups excluding tert-OH is 1. The van der Waals surface area contributed by atoms with Crippen LogP contribution in [0.1, 0.15) is 22.9 Å². The van der Waals surface area contributed by atoms with Crippen LogP contribution < -0.4 is 15.1 Å². The van der Waals surface area contributed by atoms with Crippen molar-refractivity contribution in [2.45, 2.75) is 13.0 Å². The van der Waals surface area contributed by atoms with Gasteiger partial charge >= 0.3 is 6.01 Å². The zero-order chi connectivity index (χ0) is 22.2. The first kappa shape index (κ1) is 21.7. The largest absolute Gasteiger partial charge is 0.460 e. The number of hydrogen-bond donors (Lipinski definition) is 2. The average Bonchev–Trinajstić information content (AvgIpc) is 2.83. The van der Waals surface area contributed by atoms with Crippen molar-refractivity contribution < 1.29 is 14.6 Å². The summed E-state index contributed by atoms with van der Waals surface area (Å²) in [5.41, 5.74) is 5.62. The van der Waals surface area contributed by atoms with E-state index in [0.717, 1.165) is 24.2 Å². The van der Waals surface area contributed by atoms with Crippen molar-refractivity contribution in [3.63, 3.8) is 0 Å². The molecule has 4 rings (SSSR count). The molecule has 0 saturated carbocycles. The fourth-order valence-corrected chi connectivity index (χ4v) is 3.22. The third kappa shape index (κ3) is 5.99. The molecule has 1 unspecified atom stereocenters. The maximum absolute atomic E-state index is 10.3. The molecule has 2 aromatic heterocycles. The van der Waals surface area contributed by atoms with Gasteiger partial charge in [0.1, 0.15) is 18.5 Å². The molecule has 3 aromatic rings. The van der Waals surface area contributed by atoms with Crippen LogP contribution in [0, 0.1) is 6.92 Å². The number of aliphatic hydroxyl groups is 1. The van der Waals surface area contributed by atoms with E-state index in [9.17, 15) is 5.11 Å². The van der Waals surface area contributed by atoms with Gasteiger partial charge in [-0.2, -0.15) is 15.1 Å². The molecule has 1 saturated heterocycles. The number of nitrogens with zero attached hydrogens (tertiary/aromatic N) is 5. The number of aryl methyl sites for hydroxylation is 1. The van der Waals surface area contributed by atoms with Crippen LogP contribution in [-0.2, 0) is 4.74 Å². The van der Waals surface area contributed by atoms with Gasteiger partial charge in [0.2, 0.25) is 0 Å². The second kappa shape index (κ2) is 10.7. The van der Waals surface area contributed by atoms with Gasteiger partial charge in [-0.05, 0) is 24.6 Å². The molecular weight excluding hydrogens is 408 g/mol. The summed E-state index contributed by atoms with van der Waals surface area (Å²) >= 11 is 0. The van der Waals surface area contributed by atoms with Gasteiger partial charge in [0.25, 0.3) is 0 Å². The minimum atomic E-state index is -0.886. The number of pyridine rings is 1. The first-order valence-corrected chi connectivity index (χ1v) is 10.5. The highest BCUT2D eigenvalue weighted by molar-refractivity contribution is 5.80. The molecule has 2 N–H and O–H groups in total. The fraction of sp³-hybridized carbons (Fsp3) is 0.304. The Morgan fingerprint density at radius 2 is 2.06 bits per heavy atom. The van der Waals surface area contributed by atoms with Gasteiger partial charge in [-0.25, -0.2) is 0 Å². The Morgan fingerprint density at radius 1 is 1.19 bits per heavy atom. The van der Waals surface area contributed by atoms with Crippen LogP contribution in [0.15, 0.2) is 59.8 Å². The Hall–Kier alpha value is -3.56. The molecule has 1 atom stereocenters. The van der Waals surface area contributed by atoms with Crippen LogP contribution in [0.2, 0.25) is 0 Å². The van der Waals surface area contributed by atoms with Gasteiger partial charge < -0.3 is 19.5 Å². The highest BCUT2D eigenvalue weighted by atomic mass is 16.5. The van der Waals surface area contributed by atoms with Crippen LogP contribution in [0.5, 0.6) is 6.01 Å². The summed E-state index contributed by atoms with van der Waals surface area (Å²) in [5.74, 6) is 1.20. The summed E-state index contributed by atoms with van der Waals surface area (Å²) in [5, 5.41) is 14.6. The highest BCUT2D eigenvalue weighted by Crippen LogP contribution is 2.21. The molecular formula is C23H26N6O3. The van der Waals surface area contributed by atoms with E-state index in [-0.39, 0.29) is 12.6 Å². The topological polar surface area (TPSA) is 105 Å². The van der Waals surface area contributed by atoms with E-state index in [1.807, 2.05) is 43.3 Å². The summed E-state index contributed by atoms with van der Waals surface area (Å²) in [6.07, 6.45) is 2.47. The lowest BCUT2D eigenvalue weighted by molar-refractivity contribution is 0.0989. The number of anilines is 2. The molecule has 0 spiro atoms. The van der Waals surface area contributed by atoms with Crippen molar-refractivity contribution >= 4 is 17.9 Å². The standard InChI is InChI=1S/C23H26N6O3/c1-17-5-4-6-18(13-17)15-25-28-21-14-22(29-9-11-31-12-10-29)27-23(26-21)32-16-20(30)19-7-2-3-8-24-19/h2-8,13-15,20,30H,9-12,16H2,1H3,(H,26,27,28)/b25-15+. The Morgan fingerprint density at radius 3 is 2.84 bits per heavy atom. The van der Waals surface area contributed by atoms with Crippen molar-refractivity contribution in [3.8, 4) is 6.01 Å². The molecule has 1 aliphatic heterocycles. The number of morpholine rings is 1. The highest BCUT2D eigenvalue weighted by Gasteiger charge is 2.17. The van der Waals surface area contributed by atoms with Gasteiger partial charge in [-0.15, -0.1) is 0 Å². The second-order valence-corrected chi connectivity index (χ2v) is 7.36. The summed E-state index contributed by atoms with van der Waals surface area (Å²) in [4.78, 5) is 15.2. The normalized spacial score (nSPS) is 15.0. The lowest BCUT2D eigenvalue weighted by Crippen LogP contribution is -2.36. The smallest absolute Gasteiger partial charge is 0.320 e. The van der Waals surface area contributed by atoms with Crippen molar-refractivity contribution in [3.05, 3.63) is 71.5 Å². The van der Waals surface area contributed by atoms with Gasteiger partial charge in [-0.3, -0.25) is 10.4 Å². The van der Waals surface area contributed by atoms with E-state index in [2.05, 4.69) is 30.4 Å². The predicted octanol–water partition coefficient (Wildman–Crippen LogP) is 2.58. The summed E-state index contributed by atoms with van der Waals surface area (Å²) in [7, 11) is 0. The van der Waals surface area contributed by atoms with E-state index in [0.29, 0.717) is 30.5 Å². The first-order chi connectivity index (χ1) is 15.7. The van der Waals surface area contributed by atoms with E-state index in [1.54, 1.807) is 24.5 Å². The van der Waals surface area contributed by atoms with Crippen molar-refractivity contribution in [1.82, 2.24) is 15.0 Å². The molecule has 1 aromatic carbocycles. The molecule has 3 heterocycles. The molecule has 0 aliphatic carbocycles. The lowest BCUT2D eigenvalue weighted by atomic mass is 10.2. The maximum Gasteiger partial charge on any atom is 0.320 e. The number of aromatic nitrogens is 3. The number of rotatable bonds is 8. The quantitative estimate of drug-likeness (QED) is 0.412. The summed E-state index contributed by atoms with van der Waals surface area (Å²) in [6.45, 7) is 4.72. The van der Waals surface area contributed by atoms with Gasteiger partial charge in [0.15, 0.2) is 5.82 Å². The van der Waals surface area contributed by atoms with Crippen LogP contribution in [0.25, 0.3) is 0 Å². The Labute approximate surface area is 186 Å². The zero-order valence-corrected chi connectivity index (χ0v) is 17.9. The van der Waals surface area contributed by atoms with Crippen LogP contribution in [0.4, 0.5) is 11.6 Å².